The smallest absolute Gasteiger partial charge is 0.234 e. The lowest BCUT2D eigenvalue weighted by Gasteiger charge is -2.21. The zero-order chi connectivity index (χ0) is 15.7. The van der Waals surface area contributed by atoms with Crippen LogP contribution in [0.1, 0.15) is 12.0 Å². The summed E-state index contributed by atoms with van der Waals surface area (Å²) >= 11 is 0. The number of nitrogens with one attached hydrogen (secondary N) is 1. The van der Waals surface area contributed by atoms with E-state index in [1.807, 2.05) is 24.3 Å². The number of anilines is 1. The number of primary amides is 1. The molecule has 1 aromatic carbocycles. The van der Waals surface area contributed by atoms with Crippen LogP contribution >= 0.6 is 0 Å². The molecule has 0 aromatic heterocycles. The first kappa shape index (κ1) is 16.5. The summed E-state index contributed by atoms with van der Waals surface area (Å²) in [5, 5.41) is 11.0. The number of nitrogen functional groups attached to an aromatic ring is 1. The second-order valence-corrected chi connectivity index (χ2v) is 4.57. The molecule has 112 valence electrons. The van der Waals surface area contributed by atoms with Gasteiger partial charge in [-0.1, -0.05) is 18.2 Å². The Morgan fingerprint density at radius 3 is 2.62 bits per heavy atom. The van der Waals surface area contributed by atoms with Crippen LogP contribution in [0.3, 0.4) is 0 Å². The van der Waals surface area contributed by atoms with E-state index >= 15 is 0 Å². The van der Waals surface area contributed by atoms with Gasteiger partial charge < -0.3 is 16.8 Å². The van der Waals surface area contributed by atoms with Crippen molar-refractivity contribution < 1.29 is 9.59 Å². The van der Waals surface area contributed by atoms with Crippen molar-refractivity contribution in [2.45, 2.75) is 13.0 Å². The molecule has 0 radical (unpaired) electrons. The minimum Gasteiger partial charge on any atom is -0.398 e. The van der Waals surface area contributed by atoms with Crippen LogP contribution in [0, 0.1) is 11.3 Å². The summed E-state index contributed by atoms with van der Waals surface area (Å²) in [6.45, 7) is 0.608. The number of amides is 2. The van der Waals surface area contributed by atoms with Crippen molar-refractivity contribution >= 4 is 17.5 Å². The van der Waals surface area contributed by atoms with Gasteiger partial charge in [-0.2, -0.15) is 5.26 Å². The standard InChI is InChI=1S/C14H19N5O2/c15-6-3-7-18-14(21)10-19(9-13(17)20)8-11-4-1-2-5-12(11)16/h1-2,4-5H,3,7-10,16H2,(H2,17,20)(H,18,21). The Balaban J connectivity index is 2.64. The summed E-state index contributed by atoms with van der Waals surface area (Å²) in [4.78, 5) is 24.4. The zero-order valence-corrected chi connectivity index (χ0v) is 11.7. The van der Waals surface area contributed by atoms with E-state index in [1.54, 1.807) is 11.0 Å². The van der Waals surface area contributed by atoms with E-state index in [0.717, 1.165) is 5.56 Å². The minimum atomic E-state index is -0.519. The average molecular weight is 289 g/mol. The fourth-order valence-corrected chi connectivity index (χ4v) is 1.82. The quantitative estimate of drug-likeness (QED) is 0.443. The monoisotopic (exact) mass is 289 g/mol. The van der Waals surface area contributed by atoms with Gasteiger partial charge in [-0.3, -0.25) is 14.5 Å². The zero-order valence-electron chi connectivity index (χ0n) is 11.7. The van der Waals surface area contributed by atoms with Crippen molar-refractivity contribution in [2.75, 3.05) is 25.4 Å². The van der Waals surface area contributed by atoms with E-state index in [-0.39, 0.29) is 32.0 Å². The Labute approximate surface area is 123 Å². The van der Waals surface area contributed by atoms with Crippen LogP contribution in [0.15, 0.2) is 24.3 Å². The van der Waals surface area contributed by atoms with E-state index < -0.39 is 5.91 Å². The number of rotatable bonds is 8. The summed E-state index contributed by atoms with van der Waals surface area (Å²) in [5.74, 6) is -0.782. The first-order valence-electron chi connectivity index (χ1n) is 6.50. The number of benzene rings is 1. The van der Waals surface area contributed by atoms with Crippen molar-refractivity contribution in [3.8, 4) is 6.07 Å². The SMILES string of the molecule is N#CCCNC(=O)CN(CC(N)=O)Cc1ccccc1N. The molecule has 5 N–H and O–H groups in total. The molecule has 0 saturated heterocycles. The van der Waals surface area contributed by atoms with Gasteiger partial charge in [0, 0.05) is 18.8 Å². The van der Waals surface area contributed by atoms with Crippen molar-refractivity contribution in [3.63, 3.8) is 0 Å². The Hall–Kier alpha value is -2.59. The van der Waals surface area contributed by atoms with Crippen LogP contribution in [0.5, 0.6) is 0 Å². The van der Waals surface area contributed by atoms with Gasteiger partial charge in [0.25, 0.3) is 0 Å². The Morgan fingerprint density at radius 1 is 1.29 bits per heavy atom. The third kappa shape index (κ3) is 6.40. The van der Waals surface area contributed by atoms with Crippen molar-refractivity contribution in [2.24, 2.45) is 5.73 Å². The predicted octanol–water partition coefficient (Wildman–Crippen LogP) is -0.414. The van der Waals surface area contributed by atoms with Crippen molar-refractivity contribution in [1.29, 1.82) is 5.26 Å². The van der Waals surface area contributed by atoms with E-state index in [9.17, 15) is 9.59 Å². The molecule has 1 aromatic rings. The number of carbonyl (C=O) groups excluding carboxylic acids is 2. The summed E-state index contributed by atoms with van der Waals surface area (Å²) in [6.07, 6.45) is 0.243. The molecule has 7 nitrogen and oxygen atoms in total. The van der Waals surface area contributed by atoms with Crippen molar-refractivity contribution in [3.05, 3.63) is 29.8 Å². The van der Waals surface area contributed by atoms with Gasteiger partial charge in [0.1, 0.15) is 0 Å². The van der Waals surface area contributed by atoms with Crippen molar-refractivity contribution in [1.82, 2.24) is 10.2 Å². The van der Waals surface area contributed by atoms with Crippen LogP contribution in [-0.4, -0.2) is 36.3 Å². The molecule has 1 rings (SSSR count). The minimum absolute atomic E-state index is 0.0166. The molecular weight excluding hydrogens is 270 g/mol. The second-order valence-electron chi connectivity index (χ2n) is 4.57. The van der Waals surface area contributed by atoms with Gasteiger partial charge in [0.15, 0.2) is 0 Å². The van der Waals surface area contributed by atoms with Crippen LogP contribution in [0.2, 0.25) is 0 Å². The number of nitriles is 1. The lowest BCUT2D eigenvalue weighted by atomic mass is 10.1. The summed E-state index contributed by atoms with van der Waals surface area (Å²) in [7, 11) is 0. The van der Waals surface area contributed by atoms with Gasteiger partial charge in [0.2, 0.25) is 11.8 Å². The number of para-hydroxylation sites is 1. The molecule has 0 heterocycles. The normalized spacial score (nSPS) is 10.1. The molecule has 2 amide bonds. The highest BCUT2D eigenvalue weighted by atomic mass is 16.2. The first-order valence-corrected chi connectivity index (χ1v) is 6.50. The molecule has 0 aliphatic heterocycles. The highest BCUT2D eigenvalue weighted by Crippen LogP contribution is 2.13. The molecule has 0 aliphatic carbocycles. The van der Waals surface area contributed by atoms with E-state index in [1.165, 1.54) is 0 Å². The lowest BCUT2D eigenvalue weighted by Crippen LogP contribution is -2.41. The Morgan fingerprint density at radius 2 is 2.00 bits per heavy atom. The van der Waals surface area contributed by atoms with E-state index in [4.69, 9.17) is 16.7 Å². The number of hydrogen-bond donors (Lipinski definition) is 3. The van der Waals surface area contributed by atoms with Crippen LogP contribution < -0.4 is 16.8 Å². The summed E-state index contributed by atoms with van der Waals surface area (Å²) in [5.41, 5.74) is 12.5. The predicted molar refractivity (Wildman–Crippen MR) is 78.6 cm³/mol. The maximum Gasteiger partial charge on any atom is 0.234 e. The molecular formula is C14H19N5O2. The molecule has 0 bridgehead atoms. The second kappa shape index (κ2) is 8.55. The molecule has 0 unspecified atom stereocenters. The number of hydrogen-bond acceptors (Lipinski definition) is 5. The highest BCUT2D eigenvalue weighted by molar-refractivity contribution is 5.80. The fourth-order valence-electron chi connectivity index (χ4n) is 1.82. The number of carbonyl (C=O) groups is 2. The third-order valence-electron chi connectivity index (χ3n) is 2.75. The maximum absolute atomic E-state index is 11.7. The average Bonchev–Trinajstić information content (AvgIpc) is 2.41. The van der Waals surface area contributed by atoms with Gasteiger partial charge in [-0.25, -0.2) is 0 Å². The molecule has 0 spiro atoms. The Bertz CT molecular complexity index is 538. The maximum atomic E-state index is 11.7. The highest BCUT2D eigenvalue weighted by Gasteiger charge is 2.14. The summed E-state index contributed by atoms with van der Waals surface area (Å²) in [6, 6.07) is 9.17. The first-order chi connectivity index (χ1) is 10.0. The van der Waals surface area contributed by atoms with Gasteiger partial charge in [-0.05, 0) is 11.6 Å². The van der Waals surface area contributed by atoms with Crippen LogP contribution in [-0.2, 0) is 16.1 Å². The van der Waals surface area contributed by atoms with E-state index in [2.05, 4.69) is 5.32 Å². The van der Waals surface area contributed by atoms with Gasteiger partial charge in [0.05, 0.1) is 25.6 Å². The van der Waals surface area contributed by atoms with Crippen LogP contribution in [0.25, 0.3) is 0 Å². The van der Waals surface area contributed by atoms with Gasteiger partial charge in [-0.15, -0.1) is 0 Å². The topological polar surface area (TPSA) is 125 Å². The molecule has 7 heteroatoms. The molecule has 0 saturated carbocycles. The molecule has 21 heavy (non-hydrogen) atoms. The molecule has 0 aliphatic rings. The van der Waals surface area contributed by atoms with Crippen LogP contribution in [0.4, 0.5) is 5.69 Å². The Kier molecular flexibility index (Phi) is 6.71. The molecule has 0 fully saturated rings. The third-order valence-corrected chi connectivity index (χ3v) is 2.75. The summed E-state index contributed by atoms with van der Waals surface area (Å²) < 4.78 is 0. The fraction of sp³-hybridized carbons (Fsp3) is 0.357. The molecule has 0 atom stereocenters. The van der Waals surface area contributed by atoms with E-state index in [0.29, 0.717) is 12.2 Å². The lowest BCUT2D eigenvalue weighted by molar-refractivity contribution is -0.124. The number of nitrogens with zero attached hydrogens (tertiary/aromatic N) is 2. The number of nitrogens with two attached hydrogens (primary N) is 2. The van der Waals surface area contributed by atoms with Gasteiger partial charge >= 0.3 is 0 Å². The largest absolute Gasteiger partial charge is 0.398 e.